The van der Waals surface area contributed by atoms with Gasteiger partial charge in [-0.1, -0.05) is 0 Å². The summed E-state index contributed by atoms with van der Waals surface area (Å²) in [7, 11) is 1.75. The van der Waals surface area contributed by atoms with Gasteiger partial charge in [-0.3, -0.25) is 14.2 Å². The first kappa shape index (κ1) is 17.1. The number of carbonyl (C=O) groups is 1. The van der Waals surface area contributed by atoms with Crippen molar-refractivity contribution in [2.75, 3.05) is 13.6 Å². The Morgan fingerprint density at radius 2 is 2.21 bits per heavy atom. The number of rotatable bonds is 5. The van der Waals surface area contributed by atoms with Gasteiger partial charge in [0.2, 0.25) is 5.91 Å². The van der Waals surface area contributed by atoms with Gasteiger partial charge >= 0.3 is 0 Å². The van der Waals surface area contributed by atoms with Crippen LogP contribution in [0.5, 0.6) is 0 Å². The quantitative estimate of drug-likeness (QED) is 0.888. The van der Waals surface area contributed by atoms with E-state index in [-0.39, 0.29) is 23.9 Å². The fourth-order valence-electron chi connectivity index (χ4n) is 3.14. The molecule has 2 aromatic heterocycles. The maximum Gasteiger partial charge on any atom is 0.262 e. The van der Waals surface area contributed by atoms with Gasteiger partial charge in [0, 0.05) is 37.5 Å². The first-order valence-electron chi connectivity index (χ1n) is 8.48. The molecule has 1 aliphatic rings. The monoisotopic (exact) mass is 348 g/mol. The van der Waals surface area contributed by atoms with Crippen molar-refractivity contribution in [3.63, 3.8) is 0 Å². The second-order valence-electron chi connectivity index (χ2n) is 6.47. The molecule has 0 spiro atoms. The lowest BCUT2D eigenvalue weighted by atomic mass is 9.97. The largest absolute Gasteiger partial charge is 0.342 e. The molecule has 1 unspecified atom stereocenters. The van der Waals surface area contributed by atoms with Crippen molar-refractivity contribution < 1.29 is 4.79 Å². The second kappa shape index (κ2) is 7.03. The van der Waals surface area contributed by atoms with Crippen LogP contribution in [-0.4, -0.2) is 40.0 Å². The van der Waals surface area contributed by atoms with Crippen molar-refractivity contribution in [3.8, 4) is 0 Å². The standard InChI is InChI=1S/C17H24N4O2S/c1-11(9-18)20(2)14(22)7-8-21-10-19-16-15(17(21)23)12-5-3-4-6-13(12)24-16/h10-11H,3-9,18H2,1-2H3. The van der Waals surface area contributed by atoms with Crippen LogP contribution >= 0.6 is 11.3 Å². The van der Waals surface area contributed by atoms with Crippen LogP contribution in [-0.2, 0) is 24.2 Å². The van der Waals surface area contributed by atoms with E-state index in [1.54, 1.807) is 34.2 Å². The summed E-state index contributed by atoms with van der Waals surface area (Å²) >= 11 is 1.65. The molecule has 0 fully saturated rings. The molecule has 0 radical (unpaired) electrons. The maximum absolute atomic E-state index is 12.8. The Hall–Kier alpha value is -1.73. The molecular weight excluding hydrogens is 324 g/mol. The molecule has 0 aliphatic heterocycles. The normalized spacial score (nSPS) is 15.3. The number of hydrogen-bond acceptors (Lipinski definition) is 5. The summed E-state index contributed by atoms with van der Waals surface area (Å²) in [6, 6.07) is -0.00119. The highest BCUT2D eigenvalue weighted by Gasteiger charge is 2.20. The van der Waals surface area contributed by atoms with E-state index >= 15 is 0 Å². The van der Waals surface area contributed by atoms with Crippen LogP contribution in [0.1, 0.15) is 36.6 Å². The molecule has 2 heterocycles. The van der Waals surface area contributed by atoms with E-state index in [1.165, 1.54) is 16.9 Å². The number of nitrogens with zero attached hydrogens (tertiary/aromatic N) is 3. The van der Waals surface area contributed by atoms with Crippen LogP contribution in [0.4, 0.5) is 0 Å². The number of amides is 1. The van der Waals surface area contributed by atoms with Gasteiger partial charge in [-0.2, -0.15) is 0 Å². The lowest BCUT2D eigenvalue weighted by Gasteiger charge is -2.23. The number of carbonyl (C=O) groups excluding carboxylic acids is 1. The summed E-state index contributed by atoms with van der Waals surface area (Å²) in [5, 5.41) is 0.772. The van der Waals surface area contributed by atoms with E-state index in [0.29, 0.717) is 13.1 Å². The summed E-state index contributed by atoms with van der Waals surface area (Å²) in [5.41, 5.74) is 6.78. The first-order chi connectivity index (χ1) is 11.5. The fraction of sp³-hybridized carbons (Fsp3) is 0.588. The number of aryl methyl sites for hydroxylation is 3. The molecule has 1 amide bonds. The number of nitrogens with two attached hydrogens (primary N) is 1. The van der Waals surface area contributed by atoms with Crippen molar-refractivity contribution in [2.45, 2.75) is 51.6 Å². The van der Waals surface area contributed by atoms with Gasteiger partial charge < -0.3 is 10.6 Å². The van der Waals surface area contributed by atoms with E-state index < -0.39 is 0 Å². The van der Waals surface area contributed by atoms with Crippen LogP contribution in [0, 0.1) is 0 Å². The highest BCUT2D eigenvalue weighted by Crippen LogP contribution is 2.33. The first-order valence-corrected chi connectivity index (χ1v) is 9.30. The highest BCUT2D eigenvalue weighted by atomic mass is 32.1. The molecule has 0 saturated heterocycles. The number of aromatic nitrogens is 2. The fourth-order valence-corrected chi connectivity index (χ4v) is 4.36. The predicted octanol–water partition coefficient (Wildman–Crippen LogP) is 1.53. The lowest BCUT2D eigenvalue weighted by Crippen LogP contribution is -2.40. The Balaban J connectivity index is 1.82. The van der Waals surface area contributed by atoms with E-state index in [0.717, 1.165) is 29.5 Å². The average Bonchev–Trinajstić information content (AvgIpc) is 2.98. The molecule has 0 aromatic carbocycles. The minimum Gasteiger partial charge on any atom is -0.342 e. The molecule has 3 rings (SSSR count). The van der Waals surface area contributed by atoms with Crippen molar-refractivity contribution in [2.24, 2.45) is 5.73 Å². The Morgan fingerprint density at radius 3 is 2.96 bits per heavy atom. The summed E-state index contributed by atoms with van der Waals surface area (Å²) in [5.74, 6) is -0.00713. The molecule has 2 N–H and O–H groups in total. The number of likely N-dealkylation sites (N-methyl/N-ethyl adjacent to an activating group) is 1. The van der Waals surface area contributed by atoms with Crippen molar-refractivity contribution in [1.82, 2.24) is 14.5 Å². The van der Waals surface area contributed by atoms with E-state index in [1.807, 2.05) is 6.92 Å². The Bertz CT molecular complexity index is 811. The second-order valence-corrected chi connectivity index (χ2v) is 7.56. The molecule has 6 nitrogen and oxygen atoms in total. The van der Waals surface area contributed by atoms with E-state index in [2.05, 4.69) is 4.98 Å². The van der Waals surface area contributed by atoms with Gasteiger partial charge in [0.1, 0.15) is 4.83 Å². The smallest absolute Gasteiger partial charge is 0.262 e. The molecule has 2 aromatic rings. The van der Waals surface area contributed by atoms with Crippen LogP contribution < -0.4 is 11.3 Å². The molecule has 7 heteroatoms. The van der Waals surface area contributed by atoms with Gasteiger partial charge in [-0.25, -0.2) is 4.98 Å². The van der Waals surface area contributed by atoms with Crippen molar-refractivity contribution in [3.05, 3.63) is 27.1 Å². The third-order valence-corrected chi connectivity index (χ3v) is 6.10. The summed E-state index contributed by atoms with van der Waals surface area (Å²) in [6.45, 7) is 2.69. The molecule has 0 saturated carbocycles. The Labute approximate surface area is 145 Å². The average molecular weight is 348 g/mol. The van der Waals surface area contributed by atoms with E-state index in [4.69, 9.17) is 5.73 Å². The minimum atomic E-state index is -0.0123. The van der Waals surface area contributed by atoms with Crippen LogP contribution in [0.15, 0.2) is 11.1 Å². The van der Waals surface area contributed by atoms with Crippen molar-refractivity contribution in [1.29, 1.82) is 0 Å². The highest BCUT2D eigenvalue weighted by molar-refractivity contribution is 7.18. The summed E-state index contributed by atoms with van der Waals surface area (Å²) in [6.07, 6.45) is 6.19. The molecular formula is C17H24N4O2S. The number of thiophene rings is 1. The zero-order chi connectivity index (χ0) is 17.3. The molecule has 1 aliphatic carbocycles. The molecule has 130 valence electrons. The minimum absolute atomic E-state index is 0.00119. The Morgan fingerprint density at radius 1 is 1.46 bits per heavy atom. The predicted molar refractivity (Wildman–Crippen MR) is 96.4 cm³/mol. The van der Waals surface area contributed by atoms with Gasteiger partial charge in [0.05, 0.1) is 11.7 Å². The molecule has 1 atom stereocenters. The summed E-state index contributed by atoms with van der Waals surface area (Å²) in [4.78, 5) is 33.3. The summed E-state index contributed by atoms with van der Waals surface area (Å²) < 4.78 is 1.57. The van der Waals surface area contributed by atoms with Gasteiger partial charge in [0.25, 0.3) is 5.56 Å². The third-order valence-electron chi connectivity index (χ3n) is 4.90. The number of hydrogen-bond donors (Lipinski definition) is 1. The number of fused-ring (bicyclic) bond motifs is 3. The maximum atomic E-state index is 12.8. The van der Waals surface area contributed by atoms with Crippen LogP contribution in [0.3, 0.4) is 0 Å². The van der Waals surface area contributed by atoms with Gasteiger partial charge in [0.15, 0.2) is 0 Å². The van der Waals surface area contributed by atoms with Gasteiger partial charge in [-0.15, -0.1) is 11.3 Å². The zero-order valence-corrected chi connectivity index (χ0v) is 15.1. The van der Waals surface area contributed by atoms with Gasteiger partial charge in [-0.05, 0) is 38.2 Å². The topological polar surface area (TPSA) is 81.2 Å². The SMILES string of the molecule is CC(CN)N(C)C(=O)CCn1cnc2sc3c(c2c1=O)CCCC3. The molecule has 24 heavy (non-hydrogen) atoms. The zero-order valence-electron chi connectivity index (χ0n) is 14.2. The molecule has 0 bridgehead atoms. The Kier molecular flexibility index (Phi) is 5.01. The van der Waals surface area contributed by atoms with Crippen LogP contribution in [0.2, 0.25) is 0 Å². The third kappa shape index (κ3) is 3.10. The van der Waals surface area contributed by atoms with Crippen molar-refractivity contribution >= 4 is 27.5 Å². The lowest BCUT2D eigenvalue weighted by molar-refractivity contribution is -0.131. The van der Waals surface area contributed by atoms with Crippen LogP contribution in [0.25, 0.3) is 10.2 Å². The van der Waals surface area contributed by atoms with E-state index in [9.17, 15) is 9.59 Å².